The molecule has 0 radical (unpaired) electrons. The largest absolute Gasteiger partial charge is 0.368 e. The number of primary amides is 1. The van der Waals surface area contributed by atoms with E-state index in [0.29, 0.717) is 5.25 Å². The molecule has 106 valence electrons. The minimum atomic E-state index is -0.550. The van der Waals surface area contributed by atoms with Crippen LogP contribution in [0.1, 0.15) is 38.1 Å². The van der Waals surface area contributed by atoms with Crippen LogP contribution >= 0.6 is 23.1 Å². The van der Waals surface area contributed by atoms with Gasteiger partial charge in [0, 0.05) is 11.3 Å². The molecule has 0 aromatic carbocycles. The van der Waals surface area contributed by atoms with Crippen molar-refractivity contribution in [3.05, 3.63) is 5.01 Å². The van der Waals surface area contributed by atoms with Gasteiger partial charge in [0.1, 0.15) is 5.01 Å². The summed E-state index contributed by atoms with van der Waals surface area (Å²) in [6, 6.07) is 0.250. The Morgan fingerprint density at radius 3 is 2.84 bits per heavy atom. The lowest BCUT2D eigenvalue weighted by Gasteiger charge is -2.29. The Balaban J connectivity index is 2.02. The fraction of sp³-hybridized carbons (Fsp3) is 0.750. The number of thioether (sulfide) groups is 1. The maximum absolute atomic E-state index is 11.8. The van der Waals surface area contributed by atoms with Gasteiger partial charge in [-0.3, -0.25) is 4.79 Å². The summed E-state index contributed by atoms with van der Waals surface area (Å²) in [7, 11) is 0. The number of nitrogens with zero attached hydrogens (tertiary/aromatic N) is 2. The second kappa shape index (κ2) is 5.76. The Morgan fingerprint density at radius 1 is 1.58 bits per heavy atom. The van der Waals surface area contributed by atoms with Gasteiger partial charge < -0.3 is 11.1 Å². The number of rotatable bonds is 5. The second-order valence-corrected chi connectivity index (χ2v) is 8.04. The molecule has 7 heteroatoms. The molecule has 1 aliphatic carbocycles. The Morgan fingerprint density at radius 2 is 2.32 bits per heavy atom. The minimum Gasteiger partial charge on any atom is -0.368 e. The molecular formula is C12H20N4OS2. The van der Waals surface area contributed by atoms with Crippen molar-refractivity contribution < 1.29 is 4.79 Å². The first-order valence-corrected chi connectivity index (χ1v) is 8.15. The van der Waals surface area contributed by atoms with E-state index in [9.17, 15) is 4.79 Å². The standard InChI is InChI=1S/C12H20N4OS2/c1-7(2)14-12(10(13)17)5-4-9(6-12)19-11-16-15-8(3)18-11/h7,9,14H,4-6H2,1-3H3,(H2,13,17). The van der Waals surface area contributed by atoms with E-state index in [4.69, 9.17) is 5.73 Å². The van der Waals surface area contributed by atoms with Crippen LogP contribution in [0.3, 0.4) is 0 Å². The molecule has 19 heavy (non-hydrogen) atoms. The molecule has 0 bridgehead atoms. The van der Waals surface area contributed by atoms with Crippen LogP contribution < -0.4 is 11.1 Å². The Hall–Kier alpha value is -0.660. The molecular weight excluding hydrogens is 280 g/mol. The van der Waals surface area contributed by atoms with Crippen molar-refractivity contribution in [1.29, 1.82) is 0 Å². The third-order valence-corrected chi connectivity index (χ3v) is 5.47. The topological polar surface area (TPSA) is 80.9 Å². The quantitative estimate of drug-likeness (QED) is 0.865. The van der Waals surface area contributed by atoms with Crippen molar-refractivity contribution in [2.24, 2.45) is 5.73 Å². The van der Waals surface area contributed by atoms with Gasteiger partial charge in [0.05, 0.1) is 5.54 Å². The third-order valence-electron chi connectivity index (χ3n) is 3.28. The zero-order valence-corrected chi connectivity index (χ0v) is 13.1. The summed E-state index contributed by atoms with van der Waals surface area (Å²) in [5.74, 6) is -0.238. The third kappa shape index (κ3) is 3.46. The van der Waals surface area contributed by atoms with Crippen LogP contribution in [0.2, 0.25) is 0 Å². The average Bonchev–Trinajstić information content (AvgIpc) is 2.87. The highest BCUT2D eigenvalue weighted by molar-refractivity contribution is 8.01. The molecule has 1 heterocycles. The van der Waals surface area contributed by atoms with Crippen molar-refractivity contribution in [1.82, 2.24) is 15.5 Å². The van der Waals surface area contributed by atoms with Crippen LogP contribution in [-0.2, 0) is 4.79 Å². The summed E-state index contributed by atoms with van der Waals surface area (Å²) in [5, 5.41) is 12.9. The number of carbonyl (C=O) groups is 1. The molecule has 1 amide bonds. The van der Waals surface area contributed by atoms with Crippen LogP contribution in [0.15, 0.2) is 4.34 Å². The molecule has 1 aromatic rings. The second-order valence-electron chi connectivity index (χ2n) is 5.32. The molecule has 3 N–H and O–H groups in total. The van der Waals surface area contributed by atoms with Gasteiger partial charge in [-0.15, -0.1) is 10.2 Å². The highest BCUT2D eigenvalue weighted by Gasteiger charge is 2.44. The van der Waals surface area contributed by atoms with Crippen LogP contribution in [0.5, 0.6) is 0 Å². The molecule has 1 aliphatic rings. The van der Waals surface area contributed by atoms with Gasteiger partial charge in [-0.05, 0) is 40.0 Å². The van der Waals surface area contributed by atoms with Crippen LogP contribution in [0, 0.1) is 6.92 Å². The SMILES string of the molecule is Cc1nnc(SC2CCC(NC(C)C)(C(N)=O)C2)s1. The molecule has 1 fully saturated rings. The summed E-state index contributed by atoms with van der Waals surface area (Å²) in [5.41, 5.74) is 5.05. The summed E-state index contributed by atoms with van der Waals surface area (Å²) in [4.78, 5) is 11.8. The number of aryl methyl sites for hydroxylation is 1. The molecule has 0 aliphatic heterocycles. The Kier molecular flexibility index (Phi) is 4.47. The van der Waals surface area contributed by atoms with E-state index in [1.54, 1.807) is 23.1 Å². The highest BCUT2D eigenvalue weighted by atomic mass is 32.2. The predicted octanol–water partition coefficient (Wildman–Crippen LogP) is 1.71. The monoisotopic (exact) mass is 300 g/mol. The van der Waals surface area contributed by atoms with Gasteiger partial charge in [-0.1, -0.05) is 23.1 Å². The van der Waals surface area contributed by atoms with E-state index in [1.807, 2.05) is 20.8 Å². The van der Waals surface area contributed by atoms with Gasteiger partial charge in [0.25, 0.3) is 0 Å². The number of hydrogen-bond donors (Lipinski definition) is 2. The number of nitrogens with two attached hydrogens (primary N) is 1. The number of amides is 1. The lowest BCUT2D eigenvalue weighted by atomic mass is 9.96. The summed E-state index contributed by atoms with van der Waals surface area (Å²) in [6.07, 6.45) is 2.55. The van der Waals surface area contributed by atoms with Crippen LogP contribution in [0.25, 0.3) is 0 Å². The van der Waals surface area contributed by atoms with Gasteiger partial charge in [0.2, 0.25) is 5.91 Å². The van der Waals surface area contributed by atoms with Gasteiger partial charge >= 0.3 is 0 Å². The molecule has 0 spiro atoms. The molecule has 5 nitrogen and oxygen atoms in total. The molecule has 1 saturated carbocycles. The zero-order valence-electron chi connectivity index (χ0n) is 11.5. The van der Waals surface area contributed by atoms with E-state index >= 15 is 0 Å². The lowest BCUT2D eigenvalue weighted by molar-refractivity contribution is -0.124. The molecule has 1 aromatic heterocycles. The first-order valence-electron chi connectivity index (χ1n) is 6.46. The van der Waals surface area contributed by atoms with Crippen molar-refractivity contribution in [3.8, 4) is 0 Å². The normalized spacial score (nSPS) is 27.1. The lowest BCUT2D eigenvalue weighted by Crippen LogP contribution is -2.56. The minimum absolute atomic E-state index is 0.238. The zero-order chi connectivity index (χ0) is 14.0. The van der Waals surface area contributed by atoms with Gasteiger partial charge in [-0.25, -0.2) is 0 Å². The van der Waals surface area contributed by atoms with Crippen molar-refractivity contribution in [2.45, 2.75) is 61.2 Å². The molecule has 0 saturated heterocycles. The van der Waals surface area contributed by atoms with Gasteiger partial charge in [-0.2, -0.15) is 0 Å². The fourth-order valence-corrected chi connectivity index (χ4v) is 4.90. The van der Waals surface area contributed by atoms with E-state index < -0.39 is 5.54 Å². The summed E-state index contributed by atoms with van der Waals surface area (Å²) in [6.45, 7) is 6.03. The van der Waals surface area contributed by atoms with Crippen molar-refractivity contribution in [3.63, 3.8) is 0 Å². The van der Waals surface area contributed by atoms with E-state index in [2.05, 4.69) is 15.5 Å². The fourth-order valence-electron chi connectivity index (χ4n) is 2.55. The first-order chi connectivity index (χ1) is 8.91. The smallest absolute Gasteiger partial charge is 0.237 e. The van der Waals surface area contributed by atoms with Crippen molar-refractivity contribution >= 4 is 29.0 Å². The Bertz CT molecular complexity index is 462. The maximum Gasteiger partial charge on any atom is 0.237 e. The van der Waals surface area contributed by atoms with E-state index in [0.717, 1.165) is 28.6 Å². The first kappa shape index (κ1) is 14.7. The van der Waals surface area contributed by atoms with E-state index in [1.165, 1.54) is 0 Å². The molecule has 2 rings (SSSR count). The highest BCUT2D eigenvalue weighted by Crippen LogP contribution is 2.41. The van der Waals surface area contributed by atoms with Crippen LogP contribution in [-0.4, -0.2) is 32.9 Å². The molecule has 2 unspecified atom stereocenters. The maximum atomic E-state index is 11.8. The summed E-state index contributed by atoms with van der Waals surface area (Å²) >= 11 is 3.32. The number of carbonyl (C=O) groups excluding carboxylic acids is 1. The number of hydrogen-bond acceptors (Lipinski definition) is 6. The summed E-state index contributed by atoms with van der Waals surface area (Å²) < 4.78 is 0.979. The average molecular weight is 300 g/mol. The van der Waals surface area contributed by atoms with E-state index in [-0.39, 0.29) is 11.9 Å². The Labute approximate surface area is 121 Å². The number of nitrogens with one attached hydrogen (secondary N) is 1. The number of aromatic nitrogens is 2. The van der Waals surface area contributed by atoms with Crippen molar-refractivity contribution in [2.75, 3.05) is 0 Å². The predicted molar refractivity (Wildman–Crippen MR) is 78.3 cm³/mol. The van der Waals surface area contributed by atoms with Gasteiger partial charge in [0.15, 0.2) is 4.34 Å². The van der Waals surface area contributed by atoms with Crippen LogP contribution in [0.4, 0.5) is 0 Å². The molecule has 2 atom stereocenters.